The van der Waals surface area contributed by atoms with Gasteiger partial charge in [-0.25, -0.2) is 0 Å². The highest BCUT2D eigenvalue weighted by Crippen LogP contribution is 2.46. The van der Waals surface area contributed by atoms with E-state index >= 15 is 0 Å². The predicted molar refractivity (Wildman–Crippen MR) is 157 cm³/mol. The van der Waals surface area contributed by atoms with Gasteiger partial charge in [-0.3, -0.25) is 4.57 Å². The molecule has 1 unspecified atom stereocenters. The first-order valence-electron chi connectivity index (χ1n) is 16.0. The molecule has 0 aliphatic rings. The average molecular weight is 497 g/mol. The van der Waals surface area contributed by atoms with Crippen LogP contribution in [-0.4, -0.2) is 5.16 Å². The van der Waals surface area contributed by atoms with E-state index in [1.165, 1.54) is 167 Å². The van der Waals surface area contributed by atoms with Gasteiger partial charge in [-0.05, 0) is 31.6 Å². The normalized spacial score (nSPS) is 13.1. The number of hydrogen-bond acceptors (Lipinski definition) is 1. The summed E-state index contributed by atoms with van der Waals surface area (Å²) in [6.07, 6.45) is 34.9. The Kier molecular flexibility index (Phi) is 26.2. The third-order valence-corrected chi connectivity index (χ3v) is 9.36. The minimum absolute atomic E-state index is 0.0625. The van der Waals surface area contributed by atoms with Gasteiger partial charge in [-0.2, -0.15) is 0 Å². The summed E-state index contributed by atoms with van der Waals surface area (Å²) in [6, 6.07) is 0. The van der Waals surface area contributed by atoms with E-state index in [9.17, 15) is 4.57 Å². The van der Waals surface area contributed by atoms with Crippen LogP contribution in [0.3, 0.4) is 0 Å². The van der Waals surface area contributed by atoms with Crippen LogP contribution in [0.4, 0.5) is 0 Å². The third kappa shape index (κ3) is 18.4. The van der Waals surface area contributed by atoms with Gasteiger partial charge in [-0.15, -0.1) is 0 Å². The molecule has 1 nitrogen and oxygen atoms in total. The smallest absolute Gasteiger partial charge is 0.162 e. The van der Waals surface area contributed by atoms with Crippen molar-refractivity contribution in [2.45, 2.75) is 200 Å². The zero-order valence-corrected chi connectivity index (χ0v) is 25.2. The minimum atomic E-state index is 0.0625. The Labute approximate surface area is 218 Å². The van der Waals surface area contributed by atoms with Gasteiger partial charge in [0.05, 0.1) is 5.16 Å². The molecular weight excluding hydrogens is 431 g/mol. The number of unbranched alkanes of at least 4 members (excludes halogenated alkanes) is 18. The van der Waals surface area contributed by atoms with E-state index in [-0.39, 0.29) is 5.16 Å². The highest BCUT2D eigenvalue weighted by Gasteiger charge is 2.38. The molecule has 204 valence electrons. The van der Waals surface area contributed by atoms with Crippen LogP contribution >= 0.6 is 8.46 Å². The molecule has 0 aromatic heterocycles. The maximum Gasteiger partial charge on any atom is 0.162 e. The van der Waals surface area contributed by atoms with E-state index in [1.807, 2.05) is 0 Å². The molecular formula is C32H65OP. The van der Waals surface area contributed by atoms with E-state index in [0.29, 0.717) is 14.4 Å². The van der Waals surface area contributed by atoms with Crippen molar-refractivity contribution in [3.8, 4) is 0 Å². The Balaban J connectivity index is 4.82. The van der Waals surface area contributed by atoms with Gasteiger partial charge in [0.1, 0.15) is 0 Å². The summed E-state index contributed by atoms with van der Waals surface area (Å²) in [5.74, 6) is 0.667. The van der Waals surface area contributed by atoms with Crippen LogP contribution in [0.5, 0.6) is 0 Å². The van der Waals surface area contributed by atoms with Crippen LogP contribution in [0.1, 0.15) is 195 Å². The Hall–Kier alpha value is 0.100. The van der Waals surface area contributed by atoms with Gasteiger partial charge >= 0.3 is 0 Å². The summed E-state index contributed by atoms with van der Waals surface area (Å²) >= 11 is 0. The number of rotatable bonds is 28. The first kappa shape index (κ1) is 34.1. The van der Waals surface area contributed by atoms with E-state index in [4.69, 9.17) is 0 Å². The maximum absolute atomic E-state index is 12.9. The van der Waals surface area contributed by atoms with Crippen molar-refractivity contribution in [2.24, 2.45) is 5.92 Å². The van der Waals surface area contributed by atoms with Crippen molar-refractivity contribution in [3.05, 3.63) is 0 Å². The third-order valence-electron chi connectivity index (χ3n) is 8.18. The van der Waals surface area contributed by atoms with Crippen molar-refractivity contribution >= 4 is 8.46 Å². The fourth-order valence-electron chi connectivity index (χ4n) is 5.79. The predicted octanol–water partition coefficient (Wildman–Crippen LogP) is 12.9. The quantitative estimate of drug-likeness (QED) is 0.0777. The van der Waals surface area contributed by atoms with Crippen molar-refractivity contribution in [1.82, 2.24) is 0 Å². The molecule has 0 saturated carbocycles. The van der Waals surface area contributed by atoms with Gasteiger partial charge < -0.3 is 0 Å². The first-order chi connectivity index (χ1) is 16.7. The van der Waals surface area contributed by atoms with Gasteiger partial charge in [0.25, 0.3) is 0 Å². The second kappa shape index (κ2) is 26.2. The Morgan fingerprint density at radius 3 is 1.09 bits per heavy atom. The largest absolute Gasteiger partial charge is 0.274 e. The molecule has 1 atom stereocenters. The second-order valence-electron chi connectivity index (χ2n) is 11.3. The van der Waals surface area contributed by atoms with Crippen LogP contribution in [0, 0.1) is 5.92 Å². The molecule has 0 aromatic rings. The Bertz CT molecular complexity index is 396. The van der Waals surface area contributed by atoms with E-state index in [2.05, 4.69) is 27.7 Å². The van der Waals surface area contributed by atoms with Crippen LogP contribution in [0.15, 0.2) is 0 Å². The highest BCUT2D eigenvalue weighted by molar-refractivity contribution is 7.26. The Morgan fingerprint density at radius 1 is 0.441 bits per heavy atom. The van der Waals surface area contributed by atoms with Crippen LogP contribution in [-0.2, 0) is 4.57 Å². The summed E-state index contributed by atoms with van der Waals surface area (Å²) in [5.41, 5.74) is 0. The summed E-state index contributed by atoms with van der Waals surface area (Å²) in [5, 5.41) is 0.0625. The van der Waals surface area contributed by atoms with Crippen LogP contribution in [0.25, 0.3) is 0 Å². The summed E-state index contributed by atoms with van der Waals surface area (Å²) < 4.78 is 12.9. The highest BCUT2D eigenvalue weighted by atomic mass is 31.1. The Morgan fingerprint density at radius 2 is 0.735 bits per heavy atom. The SMILES string of the molecule is CCCCCCCCCCCCC(CCCCCC)C(CCCCCC)(CCCCCC)P=O. The van der Waals surface area contributed by atoms with Gasteiger partial charge in [0.2, 0.25) is 0 Å². The monoisotopic (exact) mass is 496 g/mol. The molecule has 34 heavy (non-hydrogen) atoms. The lowest BCUT2D eigenvalue weighted by Gasteiger charge is -2.36. The fraction of sp³-hybridized carbons (Fsp3) is 1.00. The van der Waals surface area contributed by atoms with Crippen molar-refractivity contribution in [2.75, 3.05) is 0 Å². The van der Waals surface area contributed by atoms with E-state index in [0.717, 1.165) is 0 Å². The maximum atomic E-state index is 12.9. The summed E-state index contributed by atoms with van der Waals surface area (Å²) in [4.78, 5) is 0. The summed E-state index contributed by atoms with van der Waals surface area (Å²) in [6.45, 7) is 9.20. The topological polar surface area (TPSA) is 17.1 Å². The van der Waals surface area contributed by atoms with Crippen LogP contribution in [0.2, 0.25) is 0 Å². The lowest BCUT2D eigenvalue weighted by atomic mass is 9.77. The fourth-order valence-corrected chi connectivity index (χ4v) is 6.70. The van der Waals surface area contributed by atoms with Crippen molar-refractivity contribution in [1.29, 1.82) is 0 Å². The molecule has 2 heteroatoms. The van der Waals surface area contributed by atoms with Gasteiger partial charge in [0, 0.05) is 0 Å². The lowest BCUT2D eigenvalue weighted by molar-refractivity contribution is 0.263. The molecule has 0 spiro atoms. The summed E-state index contributed by atoms with van der Waals surface area (Å²) in [7, 11) is 0.467. The molecule has 0 aromatic carbocycles. The molecule has 0 saturated heterocycles. The first-order valence-corrected chi connectivity index (χ1v) is 16.9. The molecule has 0 amide bonds. The van der Waals surface area contributed by atoms with Gasteiger partial charge in [-0.1, -0.05) is 169 Å². The number of hydrogen-bond donors (Lipinski definition) is 0. The molecule has 0 rings (SSSR count). The minimum Gasteiger partial charge on any atom is -0.274 e. The second-order valence-corrected chi connectivity index (χ2v) is 12.4. The van der Waals surface area contributed by atoms with E-state index < -0.39 is 0 Å². The molecule has 0 aliphatic heterocycles. The molecule has 0 bridgehead atoms. The van der Waals surface area contributed by atoms with Gasteiger partial charge in [0.15, 0.2) is 8.46 Å². The molecule has 0 N–H and O–H groups in total. The van der Waals surface area contributed by atoms with Crippen molar-refractivity contribution < 1.29 is 4.57 Å². The van der Waals surface area contributed by atoms with Crippen molar-refractivity contribution in [3.63, 3.8) is 0 Å². The van der Waals surface area contributed by atoms with Crippen LogP contribution < -0.4 is 0 Å². The molecule has 0 aliphatic carbocycles. The zero-order valence-electron chi connectivity index (χ0n) is 24.3. The zero-order chi connectivity index (χ0) is 25.2. The lowest BCUT2D eigenvalue weighted by Crippen LogP contribution is -2.33. The average Bonchev–Trinajstić information content (AvgIpc) is 2.85. The standard InChI is InChI=1S/C32H65OP/c1-5-9-13-17-18-19-20-21-22-24-28-31(27-23-14-10-6-2)32(34-33,29-25-15-11-7-3)30-26-16-12-8-4/h31H,5-30H2,1-4H3. The molecule has 0 fully saturated rings. The van der Waals surface area contributed by atoms with E-state index in [1.54, 1.807) is 0 Å². The molecule has 0 radical (unpaired) electrons. The molecule has 0 heterocycles.